The number of imide groups is 1. The third-order valence-electron chi connectivity index (χ3n) is 6.62. The first kappa shape index (κ1) is 21.5. The van der Waals surface area contributed by atoms with Crippen molar-refractivity contribution in [3.8, 4) is 5.75 Å². The summed E-state index contributed by atoms with van der Waals surface area (Å²) in [6, 6.07) is 4.78. The highest BCUT2D eigenvalue weighted by Gasteiger charge is 2.61. The number of hydrogen-bond acceptors (Lipinski definition) is 7. The summed E-state index contributed by atoms with van der Waals surface area (Å²) < 4.78 is 6.44. The van der Waals surface area contributed by atoms with Crippen molar-refractivity contribution in [1.82, 2.24) is 9.88 Å². The minimum absolute atomic E-state index is 0.125. The van der Waals surface area contributed by atoms with Crippen LogP contribution >= 0.6 is 23.1 Å². The number of likely N-dealkylation sites (tertiary alicyclic amines) is 1. The van der Waals surface area contributed by atoms with Gasteiger partial charge in [0.1, 0.15) is 11.8 Å². The molecule has 2 fully saturated rings. The van der Waals surface area contributed by atoms with Gasteiger partial charge in [-0.1, -0.05) is 23.5 Å². The normalized spacial score (nSPS) is 26.8. The van der Waals surface area contributed by atoms with E-state index in [1.54, 1.807) is 11.8 Å². The van der Waals surface area contributed by atoms with Crippen LogP contribution in [0.25, 0.3) is 10.2 Å². The van der Waals surface area contributed by atoms with E-state index in [9.17, 15) is 14.4 Å². The van der Waals surface area contributed by atoms with Gasteiger partial charge in [0.05, 0.1) is 28.7 Å². The molecule has 5 rings (SSSR count). The number of anilines is 1. The largest absolute Gasteiger partial charge is 0.494 e. The van der Waals surface area contributed by atoms with E-state index in [1.165, 1.54) is 16.2 Å². The van der Waals surface area contributed by atoms with E-state index in [0.29, 0.717) is 23.9 Å². The number of benzene rings is 1. The number of thiazole rings is 1. The van der Waals surface area contributed by atoms with Crippen LogP contribution in [-0.4, -0.2) is 52.3 Å². The predicted octanol–water partition coefficient (Wildman–Crippen LogP) is 3.56. The van der Waals surface area contributed by atoms with E-state index >= 15 is 0 Å². The minimum Gasteiger partial charge on any atom is -0.494 e. The number of hydrogen-bond donors (Lipinski definition) is 1. The van der Waals surface area contributed by atoms with Gasteiger partial charge in [-0.25, -0.2) is 4.98 Å². The second kappa shape index (κ2) is 8.51. The molecule has 5 atom stereocenters. The number of allylic oxidation sites excluding steroid dienone is 2. The van der Waals surface area contributed by atoms with Crippen LogP contribution in [0.2, 0.25) is 0 Å². The number of thioether (sulfide) groups is 1. The van der Waals surface area contributed by atoms with Crippen LogP contribution in [0.4, 0.5) is 5.13 Å². The lowest BCUT2D eigenvalue weighted by atomic mass is 9.85. The summed E-state index contributed by atoms with van der Waals surface area (Å²) in [7, 11) is 0. The molecular weight excluding hydrogens is 446 g/mol. The molecule has 9 heteroatoms. The van der Waals surface area contributed by atoms with Crippen LogP contribution in [-0.2, 0) is 14.4 Å². The van der Waals surface area contributed by atoms with Crippen LogP contribution in [0.15, 0.2) is 30.4 Å². The molecule has 2 heterocycles. The molecule has 2 aromatic rings. The van der Waals surface area contributed by atoms with Gasteiger partial charge in [0, 0.05) is 0 Å². The van der Waals surface area contributed by atoms with Crippen LogP contribution in [0.5, 0.6) is 5.75 Å². The Labute approximate surface area is 194 Å². The number of nitrogens with zero attached hydrogens (tertiary/aromatic N) is 2. The molecule has 1 saturated carbocycles. The van der Waals surface area contributed by atoms with E-state index in [0.717, 1.165) is 22.4 Å². The fourth-order valence-corrected chi connectivity index (χ4v) is 6.60. The predicted molar refractivity (Wildman–Crippen MR) is 126 cm³/mol. The summed E-state index contributed by atoms with van der Waals surface area (Å²) in [6.07, 6.45) is 7.37. The molecule has 1 N–H and O–H groups in total. The first-order chi connectivity index (χ1) is 15.5. The van der Waals surface area contributed by atoms with Crippen molar-refractivity contribution < 1.29 is 19.1 Å². The Morgan fingerprint density at radius 2 is 2.00 bits per heavy atom. The molecule has 1 saturated heterocycles. The lowest BCUT2D eigenvalue weighted by Crippen LogP contribution is -2.48. The standard InChI is InChI=1S/C23H25N3O4S2/c1-3-30-14-6-7-15-17(11-14)32-23(24-15)25-20(27)16(8-9-31-2)26-21(28)18-12-4-5-13(10-12)19(18)22(26)29/h4-7,11-13,16,18-19H,3,8-10H2,1-2H3,(H,24,25,27). The van der Waals surface area contributed by atoms with E-state index in [2.05, 4.69) is 22.5 Å². The van der Waals surface area contributed by atoms with E-state index in [4.69, 9.17) is 4.74 Å². The highest BCUT2D eigenvalue weighted by atomic mass is 32.2. The number of carbonyl (C=O) groups is 3. The van der Waals surface area contributed by atoms with Crippen molar-refractivity contribution in [3.63, 3.8) is 0 Å². The zero-order valence-electron chi connectivity index (χ0n) is 17.9. The molecule has 5 unspecified atom stereocenters. The molecule has 1 aromatic carbocycles. The number of fused-ring (bicyclic) bond motifs is 6. The highest BCUT2D eigenvalue weighted by molar-refractivity contribution is 7.98. The Morgan fingerprint density at radius 3 is 2.66 bits per heavy atom. The second-order valence-electron chi connectivity index (χ2n) is 8.41. The van der Waals surface area contributed by atoms with Gasteiger partial charge in [0.25, 0.3) is 0 Å². The molecule has 0 spiro atoms. The molecule has 2 bridgehead atoms. The average Bonchev–Trinajstić information content (AvgIpc) is 3.53. The maximum Gasteiger partial charge on any atom is 0.249 e. The average molecular weight is 472 g/mol. The third kappa shape index (κ3) is 3.51. The quantitative estimate of drug-likeness (QED) is 0.468. The Hall–Kier alpha value is -2.39. The summed E-state index contributed by atoms with van der Waals surface area (Å²) in [5.74, 6) is 0.328. The molecule has 3 amide bonds. The van der Waals surface area contributed by atoms with Gasteiger partial charge in [-0.05, 0) is 61.8 Å². The fraction of sp³-hybridized carbons (Fsp3) is 0.478. The molecule has 2 aliphatic carbocycles. The van der Waals surface area contributed by atoms with Gasteiger partial charge in [0.2, 0.25) is 17.7 Å². The van der Waals surface area contributed by atoms with Crippen molar-refractivity contribution in [3.05, 3.63) is 30.4 Å². The van der Waals surface area contributed by atoms with Crippen LogP contribution < -0.4 is 10.1 Å². The third-order valence-corrected chi connectivity index (χ3v) is 8.19. The Balaban J connectivity index is 1.38. The zero-order chi connectivity index (χ0) is 22.4. The number of amides is 3. The summed E-state index contributed by atoms with van der Waals surface area (Å²) in [5.41, 5.74) is 0.764. The Morgan fingerprint density at radius 1 is 1.28 bits per heavy atom. The smallest absolute Gasteiger partial charge is 0.249 e. The van der Waals surface area contributed by atoms with Gasteiger partial charge < -0.3 is 10.1 Å². The maximum absolute atomic E-state index is 13.3. The van der Waals surface area contributed by atoms with Crippen molar-refractivity contribution in [2.75, 3.05) is 23.9 Å². The number of rotatable bonds is 8. The summed E-state index contributed by atoms with van der Waals surface area (Å²) in [6.45, 7) is 2.50. The van der Waals surface area contributed by atoms with Crippen LogP contribution in [0.1, 0.15) is 19.8 Å². The lowest BCUT2D eigenvalue weighted by molar-refractivity contribution is -0.147. The number of carbonyl (C=O) groups excluding carboxylic acids is 3. The van der Waals surface area contributed by atoms with Crippen molar-refractivity contribution >= 4 is 56.2 Å². The van der Waals surface area contributed by atoms with Gasteiger partial charge in [-0.3, -0.25) is 19.3 Å². The summed E-state index contributed by atoms with van der Waals surface area (Å²) in [4.78, 5) is 45.6. The van der Waals surface area contributed by atoms with Crippen LogP contribution in [0, 0.1) is 23.7 Å². The molecule has 1 aromatic heterocycles. The maximum atomic E-state index is 13.3. The topological polar surface area (TPSA) is 88.6 Å². The summed E-state index contributed by atoms with van der Waals surface area (Å²) >= 11 is 2.94. The van der Waals surface area contributed by atoms with Crippen molar-refractivity contribution in [2.45, 2.75) is 25.8 Å². The van der Waals surface area contributed by atoms with Gasteiger partial charge in [-0.15, -0.1) is 0 Å². The Bertz CT molecular complexity index is 1080. The van der Waals surface area contributed by atoms with Crippen molar-refractivity contribution in [2.24, 2.45) is 23.7 Å². The van der Waals surface area contributed by atoms with E-state index < -0.39 is 6.04 Å². The minimum atomic E-state index is -0.821. The lowest BCUT2D eigenvalue weighted by Gasteiger charge is -2.26. The van der Waals surface area contributed by atoms with E-state index in [-0.39, 0.29) is 41.4 Å². The molecule has 7 nitrogen and oxygen atoms in total. The molecular formula is C23H25N3O4S2. The fourth-order valence-electron chi connectivity index (χ4n) is 5.24. The van der Waals surface area contributed by atoms with E-state index in [1.807, 2.05) is 31.4 Å². The monoisotopic (exact) mass is 471 g/mol. The molecule has 32 heavy (non-hydrogen) atoms. The highest BCUT2D eigenvalue weighted by Crippen LogP contribution is 2.53. The molecule has 3 aliphatic rings. The number of aromatic nitrogens is 1. The molecule has 0 radical (unpaired) electrons. The molecule has 168 valence electrons. The van der Waals surface area contributed by atoms with Gasteiger partial charge in [0.15, 0.2) is 5.13 Å². The second-order valence-corrected chi connectivity index (χ2v) is 10.4. The summed E-state index contributed by atoms with van der Waals surface area (Å²) in [5, 5.41) is 3.32. The number of nitrogens with one attached hydrogen (secondary N) is 1. The van der Waals surface area contributed by atoms with Crippen molar-refractivity contribution in [1.29, 1.82) is 0 Å². The first-order valence-electron chi connectivity index (χ1n) is 10.9. The molecule has 1 aliphatic heterocycles. The number of ether oxygens (including phenoxy) is 1. The Kier molecular flexibility index (Phi) is 5.71. The van der Waals surface area contributed by atoms with Gasteiger partial charge >= 0.3 is 0 Å². The SMILES string of the molecule is CCOc1ccc2nc(NC(=O)C(CCSC)N3C(=O)C4C5C=CC(C5)C4C3=O)sc2c1. The van der Waals surface area contributed by atoms with Gasteiger partial charge in [-0.2, -0.15) is 11.8 Å². The first-order valence-corrected chi connectivity index (χ1v) is 13.1. The zero-order valence-corrected chi connectivity index (χ0v) is 19.6. The van der Waals surface area contributed by atoms with Crippen LogP contribution in [0.3, 0.4) is 0 Å².